The van der Waals surface area contributed by atoms with E-state index in [1.807, 2.05) is 24.3 Å². The Morgan fingerprint density at radius 3 is 1.97 bits per heavy atom. The number of rotatable bonds is 13. The van der Waals surface area contributed by atoms with Crippen LogP contribution in [0.15, 0.2) is 48.5 Å². The topological polar surface area (TPSA) is 44.8 Å². The zero-order chi connectivity index (χ0) is 26.2. The molecule has 0 aliphatic carbocycles. The van der Waals surface area contributed by atoms with Gasteiger partial charge in [0.1, 0.15) is 13.8 Å². The van der Waals surface area contributed by atoms with Gasteiger partial charge in [0.05, 0.1) is 19.9 Å². The molecule has 6 heteroatoms. The molecule has 0 unspecified atom stereocenters. The summed E-state index contributed by atoms with van der Waals surface area (Å²) in [5, 5.41) is 1.37. The van der Waals surface area contributed by atoms with E-state index in [0.29, 0.717) is 42.3 Å². The summed E-state index contributed by atoms with van der Waals surface area (Å²) < 4.78 is 17.9. The minimum atomic E-state index is -1.87. The van der Waals surface area contributed by atoms with E-state index in [1.54, 1.807) is 0 Å². The summed E-state index contributed by atoms with van der Waals surface area (Å²) in [4.78, 5) is 11.6. The Labute approximate surface area is 215 Å². The lowest BCUT2D eigenvalue weighted by molar-refractivity contribution is -0.140. The first-order valence-corrected chi connectivity index (χ1v) is 18.3. The van der Waals surface area contributed by atoms with Crippen LogP contribution in [0.3, 0.4) is 0 Å². The summed E-state index contributed by atoms with van der Waals surface area (Å²) in [6.45, 7) is 19.3. The van der Waals surface area contributed by atoms with Crippen molar-refractivity contribution in [1.29, 1.82) is 0 Å². The Hall–Kier alpha value is -1.90. The lowest BCUT2D eigenvalue weighted by atomic mass is 10.1. The van der Waals surface area contributed by atoms with Crippen LogP contribution < -0.4 is 9.92 Å². The van der Waals surface area contributed by atoms with Crippen LogP contribution >= 0.6 is 0 Å². The number of hydrogen-bond acceptors (Lipinski definition) is 4. The Morgan fingerprint density at radius 2 is 1.43 bits per heavy atom. The molecule has 194 valence electrons. The number of esters is 1. The summed E-state index contributed by atoms with van der Waals surface area (Å²) >= 11 is 0. The average Bonchev–Trinajstić information content (AvgIpc) is 2.81. The van der Waals surface area contributed by atoms with Crippen LogP contribution in [0.2, 0.25) is 29.7 Å². The van der Waals surface area contributed by atoms with Gasteiger partial charge in [-0.2, -0.15) is 0 Å². The lowest BCUT2D eigenvalue weighted by Gasteiger charge is -2.42. The number of carbonyl (C=O) groups is 1. The average molecular weight is 515 g/mol. The van der Waals surface area contributed by atoms with Crippen molar-refractivity contribution in [2.24, 2.45) is 0 Å². The number of aryl methyl sites for hydroxylation is 1. The van der Waals surface area contributed by atoms with E-state index in [4.69, 9.17) is 13.9 Å². The van der Waals surface area contributed by atoms with Gasteiger partial charge in [-0.05, 0) is 40.2 Å². The molecule has 0 bridgehead atoms. The minimum Gasteiger partial charge on any atom is -0.496 e. The monoisotopic (exact) mass is 514 g/mol. The maximum atomic E-state index is 11.6. The van der Waals surface area contributed by atoms with Crippen molar-refractivity contribution in [3.8, 4) is 5.75 Å². The molecule has 2 aromatic rings. The van der Waals surface area contributed by atoms with Gasteiger partial charge < -0.3 is 13.9 Å². The van der Waals surface area contributed by atoms with Gasteiger partial charge in [-0.15, -0.1) is 0 Å². The van der Waals surface area contributed by atoms with Gasteiger partial charge in [-0.3, -0.25) is 4.79 Å². The fourth-order valence-corrected chi connectivity index (χ4v) is 12.5. The third-order valence-electron chi connectivity index (χ3n) is 7.32. The molecule has 0 aliphatic heterocycles. The van der Waals surface area contributed by atoms with Gasteiger partial charge >= 0.3 is 5.97 Å². The predicted molar refractivity (Wildman–Crippen MR) is 152 cm³/mol. The first-order valence-electron chi connectivity index (χ1n) is 12.9. The standard InChI is InChI=1S/C29H46O4Si2/c1-22(2)35(23(3)4,24(5)6)33-20-25-14-17-27(18-15-25)34(8,9)21-32-28-13-11-10-12-26(28)16-19-29(30)31-7/h10-15,17-18,22-24H,16,19-21H2,1-9H3. The molecule has 0 radical (unpaired) electrons. The normalized spacial score (nSPS) is 12.5. The molecule has 0 saturated heterocycles. The van der Waals surface area contributed by atoms with Crippen LogP contribution in [-0.4, -0.2) is 35.7 Å². The Kier molecular flexibility index (Phi) is 10.8. The van der Waals surface area contributed by atoms with Gasteiger partial charge in [-0.25, -0.2) is 0 Å². The van der Waals surface area contributed by atoms with Crippen LogP contribution in [0.4, 0.5) is 0 Å². The summed E-state index contributed by atoms with van der Waals surface area (Å²) in [7, 11) is -2.27. The van der Waals surface area contributed by atoms with Crippen LogP contribution in [0.5, 0.6) is 5.75 Å². The van der Waals surface area contributed by atoms with E-state index in [2.05, 4.69) is 78.9 Å². The third kappa shape index (κ3) is 7.54. The highest BCUT2D eigenvalue weighted by molar-refractivity contribution is 6.89. The fourth-order valence-electron chi connectivity index (χ4n) is 5.29. The first-order chi connectivity index (χ1) is 16.4. The molecule has 0 amide bonds. The number of carbonyl (C=O) groups excluding carboxylic acids is 1. The van der Waals surface area contributed by atoms with E-state index in [9.17, 15) is 4.79 Å². The number of benzene rings is 2. The van der Waals surface area contributed by atoms with Gasteiger partial charge in [-0.1, -0.05) is 102 Å². The molecule has 0 spiro atoms. The minimum absolute atomic E-state index is 0.200. The van der Waals surface area contributed by atoms with E-state index in [0.717, 1.165) is 11.3 Å². The second-order valence-corrected chi connectivity index (χ2v) is 21.3. The Balaban J connectivity index is 2.06. The molecule has 0 fully saturated rings. The summed E-state index contributed by atoms with van der Waals surface area (Å²) in [6, 6.07) is 17.0. The Morgan fingerprint density at radius 1 is 0.857 bits per heavy atom. The molecule has 2 aromatic carbocycles. The maximum Gasteiger partial charge on any atom is 0.305 e. The molecule has 0 saturated carbocycles. The van der Waals surface area contributed by atoms with Crippen molar-refractivity contribution >= 4 is 27.5 Å². The summed E-state index contributed by atoms with van der Waals surface area (Å²) in [6.07, 6.45) is 1.66. The SMILES string of the molecule is COC(=O)CCc1ccccc1OC[Si](C)(C)c1ccc(CO[Si](C(C)C)(C(C)C)C(C)C)cc1. The van der Waals surface area contributed by atoms with E-state index in [-0.39, 0.29) is 5.97 Å². The van der Waals surface area contributed by atoms with Crippen molar-refractivity contribution in [1.82, 2.24) is 0 Å². The van der Waals surface area contributed by atoms with Crippen molar-refractivity contribution in [3.63, 3.8) is 0 Å². The molecule has 0 atom stereocenters. The molecule has 4 nitrogen and oxygen atoms in total. The highest BCUT2D eigenvalue weighted by Crippen LogP contribution is 2.42. The van der Waals surface area contributed by atoms with Crippen LogP contribution in [0, 0.1) is 0 Å². The third-order valence-corrected chi connectivity index (χ3v) is 16.1. The molecular formula is C29H46O4Si2. The van der Waals surface area contributed by atoms with Gasteiger partial charge in [0.25, 0.3) is 0 Å². The van der Waals surface area contributed by atoms with Crippen LogP contribution in [-0.2, 0) is 27.0 Å². The first kappa shape index (κ1) is 29.3. The maximum absolute atomic E-state index is 11.6. The molecule has 0 aliphatic rings. The van der Waals surface area contributed by atoms with Gasteiger partial charge in [0.2, 0.25) is 8.32 Å². The number of hydrogen-bond donors (Lipinski definition) is 0. The molecule has 0 N–H and O–H groups in total. The van der Waals surface area contributed by atoms with Crippen LogP contribution in [0.25, 0.3) is 0 Å². The number of ether oxygens (including phenoxy) is 2. The van der Waals surface area contributed by atoms with E-state index in [1.165, 1.54) is 17.9 Å². The zero-order valence-electron chi connectivity index (χ0n) is 23.3. The number of para-hydroxylation sites is 1. The molecule has 0 heterocycles. The zero-order valence-corrected chi connectivity index (χ0v) is 25.3. The smallest absolute Gasteiger partial charge is 0.305 e. The van der Waals surface area contributed by atoms with Crippen molar-refractivity contribution in [2.45, 2.75) is 90.7 Å². The molecular weight excluding hydrogens is 468 g/mol. The molecule has 2 rings (SSSR count). The number of methoxy groups -OCH3 is 1. The summed E-state index contributed by atoms with van der Waals surface area (Å²) in [5.41, 5.74) is 4.04. The second-order valence-electron chi connectivity index (χ2n) is 11.2. The van der Waals surface area contributed by atoms with E-state index < -0.39 is 16.4 Å². The van der Waals surface area contributed by atoms with Crippen molar-refractivity contribution in [3.05, 3.63) is 59.7 Å². The highest BCUT2D eigenvalue weighted by Gasteiger charge is 2.44. The van der Waals surface area contributed by atoms with E-state index >= 15 is 0 Å². The largest absolute Gasteiger partial charge is 0.496 e. The predicted octanol–water partition coefficient (Wildman–Crippen LogP) is 7.02. The molecule has 0 aromatic heterocycles. The fraction of sp³-hybridized carbons (Fsp3) is 0.552. The lowest BCUT2D eigenvalue weighted by Crippen LogP contribution is -2.48. The molecule has 35 heavy (non-hydrogen) atoms. The van der Waals surface area contributed by atoms with Crippen LogP contribution in [0.1, 0.15) is 59.1 Å². The van der Waals surface area contributed by atoms with Gasteiger partial charge in [0.15, 0.2) is 0 Å². The van der Waals surface area contributed by atoms with Crippen molar-refractivity contribution in [2.75, 3.05) is 13.3 Å². The van der Waals surface area contributed by atoms with Gasteiger partial charge in [0, 0.05) is 6.42 Å². The highest BCUT2D eigenvalue weighted by atomic mass is 28.4. The van der Waals surface area contributed by atoms with Crippen molar-refractivity contribution < 1.29 is 18.7 Å². The Bertz CT molecular complexity index is 914. The summed E-state index contributed by atoms with van der Waals surface area (Å²) in [5.74, 6) is 0.660. The second kappa shape index (κ2) is 12.9. The quantitative estimate of drug-likeness (QED) is 0.213.